The Bertz CT molecular complexity index is 901. The Kier molecular flexibility index (Phi) is 4.08. The fraction of sp³-hybridized carbons (Fsp3) is 0.562. The van der Waals surface area contributed by atoms with Gasteiger partial charge in [0.05, 0.1) is 17.3 Å². The molecule has 2 aliphatic carbocycles. The molecule has 2 fully saturated rings. The molecule has 0 amide bonds. The number of benzene rings is 1. The molecule has 2 unspecified atom stereocenters. The highest BCUT2D eigenvalue weighted by molar-refractivity contribution is 7.87. The van der Waals surface area contributed by atoms with Crippen molar-refractivity contribution in [2.75, 3.05) is 6.54 Å². The number of nitrogens with zero attached hydrogens (tertiary/aromatic N) is 1. The molecule has 0 saturated heterocycles. The van der Waals surface area contributed by atoms with Crippen molar-refractivity contribution in [2.45, 2.75) is 37.8 Å². The molecule has 136 valence electrons. The zero-order chi connectivity index (χ0) is 17.8. The summed E-state index contributed by atoms with van der Waals surface area (Å²) in [5.74, 6) is 0.285. The molecule has 1 heterocycles. The van der Waals surface area contributed by atoms with Gasteiger partial charge >= 0.3 is 0 Å². The summed E-state index contributed by atoms with van der Waals surface area (Å²) in [6.45, 7) is 2.33. The highest BCUT2D eigenvalue weighted by Crippen LogP contribution is 2.60. The van der Waals surface area contributed by atoms with Gasteiger partial charge in [-0.1, -0.05) is 18.5 Å². The smallest absolute Gasteiger partial charge is 0.277 e. The first-order chi connectivity index (χ1) is 11.8. The van der Waals surface area contributed by atoms with Crippen molar-refractivity contribution in [3.63, 3.8) is 0 Å². The number of hydrogen-bond acceptors (Lipinski definition) is 4. The maximum Gasteiger partial charge on any atom is 0.277 e. The van der Waals surface area contributed by atoms with Gasteiger partial charge in [-0.2, -0.15) is 18.2 Å². The van der Waals surface area contributed by atoms with E-state index >= 15 is 0 Å². The average Bonchev–Trinajstić information content (AvgIpc) is 2.96. The highest BCUT2D eigenvalue weighted by Gasteiger charge is 2.62. The van der Waals surface area contributed by atoms with Crippen LogP contribution in [-0.2, 0) is 15.8 Å². The zero-order valence-corrected chi connectivity index (χ0v) is 15.4. The molecule has 7 nitrogen and oxygen atoms in total. The highest BCUT2D eigenvalue weighted by atomic mass is 35.5. The summed E-state index contributed by atoms with van der Waals surface area (Å²) in [4.78, 5) is 0. The fourth-order valence-electron chi connectivity index (χ4n) is 4.12. The summed E-state index contributed by atoms with van der Waals surface area (Å²) in [5.41, 5.74) is 0.556. The number of aromatic amines is 1. The van der Waals surface area contributed by atoms with E-state index in [4.69, 9.17) is 11.6 Å². The van der Waals surface area contributed by atoms with E-state index in [1.165, 1.54) is 0 Å². The number of rotatable bonds is 6. The van der Waals surface area contributed by atoms with Gasteiger partial charge in [-0.15, -0.1) is 0 Å². The van der Waals surface area contributed by atoms with Crippen LogP contribution in [0.5, 0.6) is 0 Å². The van der Waals surface area contributed by atoms with Crippen molar-refractivity contribution >= 4 is 32.7 Å². The lowest BCUT2D eigenvalue weighted by Gasteiger charge is -2.27. The van der Waals surface area contributed by atoms with E-state index in [-0.39, 0.29) is 17.9 Å². The van der Waals surface area contributed by atoms with Crippen molar-refractivity contribution in [2.24, 2.45) is 11.8 Å². The number of nitrogens with one attached hydrogen (secondary N) is 3. The monoisotopic (exact) mass is 384 g/mol. The number of aromatic nitrogens is 2. The molecule has 4 N–H and O–H groups in total. The van der Waals surface area contributed by atoms with Crippen LogP contribution in [-0.4, -0.2) is 36.3 Å². The lowest BCUT2D eigenvalue weighted by molar-refractivity contribution is 0.0303. The van der Waals surface area contributed by atoms with Gasteiger partial charge in [-0.3, -0.25) is 5.10 Å². The summed E-state index contributed by atoms with van der Waals surface area (Å²) in [5, 5.41) is 19.5. The molecule has 0 spiro atoms. The first-order valence-corrected chi connectivity index (χ1v) is 10.3. The van der Waals surface area contributed by atoms with Crippen LogP contribution in [0.2, 0.25) is 5.02 Å². The van der Waals surface area contributed by atoms with E-state index in [1.807, 2.05) is 6.92 Å². The van der Waals surface area contributed by atoms with Crippen molar-refractivity contribution in [1.82, 2.24) is 19.6 Å². The summed E-state index contributed by atoms with van der Waals surface area (Å²) >= 11 is 6.17. The predicted octanol–water partition coefficient (Wildman–Crippen LogP) is 1.65. The molecule has 2 aromatic rings. The minimum atomic E-state index is -3.47. The lowest BCUT2D eigenvalue weighted by atomic mass is 9.86. The minimum absolute atomic E-state index is 0.103. The quantitative estimate of drug-likeness (QED) is 0.607. The summed E-state index contributed by atoms with van der Waals surface area (Å²) in [6.07, 6.45) is 3.46. The third kappa shape index (κ3) is 3.06. The molecular weight excluding hydrogens is 364 g/mol. The molecule has 9 heteroatoms. The predicted molar refractivity (Wildman–Crippen MR) is 95.4 cm³/mol. The van der Waals surface area contributed by atoms with Crippen LogP contribution in [0.4, 0.5) is 0 Å². The first-order valence-electron chi connectivity index (χ1n) is 8.45. The Morgan fingerprint density at radius 2 is 2.12 bits per heavy atom. The van der Waals surface area contributed by atoms with Gasteiger partial charge in [0, 0.05) is 23.0 Å². The second kappa shape index (κ2) is 5.92. The first kappa shape index (κ1) is 17.2. The third-order valence-electron chi connectivity index (χ3n) is 5.34. The lowest BCUT2D eigenvalue weighted by Crippen LogP contribution is -2.40. The molecule has 1 aromatic carbocycles. The maximum absolute atomic E-state index is 12.0. The fourth-order valence-corrected chi connectivity index (χ4v) is 5.60. The van der Waals surface area contributed by atoms with Crippen LogP contribution in [0.25, 0.3) is 10.9 Å². The van der Waals surface area contributed by atoms with Crippen LogP contribution in [0, 0.1) is 11.8 Å². The van der Waals surface area contributed by atoms with Gasteiger partial charge in [0.25, 0.3) is 10.2 Å². The third-order valence-corrected chi connectivity index (χ3v) is 6.72. The van der Waals surface area contributed by atoms with Crippen LogP contribution >= 0.6 is 11.6 Å². The van der Waals surface area contributed by atoms with Crippen molar-refractivity contribution < 1.29 is 13.5 Å². The standard InChI is InChI=1S/C16H21ClN4O3S/c1-2-3-19-25(23,24)21-15-10-6-16(22,7-11(10)15)13-4-9(17)5-14-12(13)8-18-20-14/h4-5,8,10-11,15,19,21-22H,2-3,6-7H2,1H3,(H,18,20)/t10-,11+,15?,16?. The molecule has 0 bridgehead atoms. The maximum atomic E-state index is 12.0. The number of halogens is 1. The second-order valence-corrected chi connectivity index (χ2v) is 9.06. The Balaban J connectivity index is 1.50. The van der Waals surface area contributed by atoms with Gasteiger partial charge in [0.2, 0.25) is 0 Å². The number of H-pyrrole nitrogens is 1. The summed E-state index contributed by atoms with van der Waals surface area (Å²) < 4.78 is 29.2. The number of aliphatic hydroxyl groups is 1. The normalized spacial score (nSPS) is 31.4. The Labute approximate surface area is 151 Å². The van der Waals surface area contributed by atoms with E-state index in [0.29, 0.717) is 24.4 Å². The molecule has 1 aromatic heterocycles. The van der Waals surface area contributed by atoms with Gasteiger partial charge in [-0.25, -0.2) is 4.72 Å². The molecular formula is C16H21ClN4O3S. The van der Waals surface area contributed by atoms with E-state index in [1.54, 1.807) is 18.3 Å². The second-order valence-electron chi connectivity index (χ2n) is 7.09. The Morgan fingerprint density at radius 1 is 1.40 bits per heavy atom. The SMILES string of the molecule is CCCNS(=O)(=O)NC1[C@H]2CC(O)(c3cc(Cl)cc4[nH]ncc34)C[C@@H]12. The van der Waals surface area contributed by atoms with E-state index in [9.17, 15) is 13.5 Å². The minimum Gasteiger partial charge on any atom is -0.385 e. The molecule has 2 aliphatic rings. The average molecular weight is 385 g/mol. The molecule has 25 heavy (non-hydrogen) atoms. The summed E-state index contributed by atoms with van der Waals surface area (Å²) in [6, 6.07) is 3.46. The van der Waals surface area contributed by atoms with Gasteiger partial charge in [0.1, 0.15) is 0 Å². The van der Waals surface area contributed by atoms with Crippen LogP contribution < -0.4 is 9.44 Å². The van der Waals surface area contributed by atoms with Gasteiger partial charge in [0.15, 0.2) is 0 Å². The summed E-state index contributed by atoms with van der Waals surface area (Å²) in [7, 11) is -3.47. The van der Waals surface area contributed by atoms with Crippen molar-refractivity contribution in [1.29, 1.82) is 0 Å². The van der Waals surface area contributed by atoms with Crippen LogP contribution in [0.1, 0.15) is 31.7 Å². The molecule has 0 aliphatic heterocycles. The molecule has 2 saturated carbocycles. The largest absolute Gasteiger partial charge is 0.385 e. The van der Waals surface area contributed by atoms with Crippen molar-refractivity contribution in [3.8, 4) is 0 Å². The van der Waals surface area contributed by atoms with Gasteiger partial charge < -0.3 is 5.11 Å². The van der Waals surface area contributed by atoms with Crippen LogP contribution in [0.3, 0.4) is 0 Å². The Morgan fingerprint density at radius 3 is 2.80 bits per heavy atom. The van der Waals surface area contributed by atoms with Gasteiger partial charge in [-0.05, 0) is 48.8 Å². The number of hydrogen-bond donors (Lipinski definition) is 4. The van der Waals surface area contributed by atoms with Crippen LogP contribution in [0.15, 0.2) is 18.3 Å². The topological polar surface area (TPSA) is 107 Å². The molecule has 0 radical (unpaired) electrons. The zero-order valence-electron chi connectivity index (χ0n) is 13.8. The molecule has 4 atom stereocenters. The van der Waals surface area contributed by atoms with E-state index in [2.05, 4.69) is 19.6 Å². The van der Waals surface area contributed by atoms with E-state index in [0.717, 1.165) is 22.9 Å². The Hall–Kier alpha value is -1.19. The number of fused-ring (bicyclic) bond motifs is 2. The van der Waals surface area contributed by atoms with E-state index < -0.39 is 15.8 Å². The molecule has 4 rings (SSSR count). The van der Waals surface area contributed by atoms with Crippen molar-refractivity contribution in [3.05, 3.63) is 28.9 Å².